The Morgan fingerprint density at radius 1 is 0.947 bits per heavy atom. The molecular weight excluding hydrogens is 272 g/mol. The first kappa shape index (κ1) is 13.1. The molecule has 0 unspecified atom stereocenters. The minimum Gasteiger partial charge on any atom is -0.188 e. The summed E-state index contributed by atoms with van der Waals surface area (Å²) in [4.78, 5) is 2.73. The first-order chi connectivity index (χ1) is 8.69. The predicted molar refractivity (Wildman–Crippen MR) is 83.7 cm³/mol. The number of rotatable bonds is 0. The molecule has 0 spiro atoms. The van der Waals surface area contributed by atoms with Crippen LogP contribution in [0.5, 0.6) is 0 Å². The molecule has 0 saturated carbocycles. The van der Waals surface area contributed by atoms with Crippen molar-refractivity contribution in [3.63, 3.8) is 0 Å². The number of hydrogen-bond donors (Lipinski definition) is 0. The third-order valence-electron chi connectivity index (χ3n) is 3.47. The second-order valence-electron chi connectivity index (χ2n) is 7.21. The number of imidazole rings is 1. The van der Waals surface area contributed by atoms with Gasteiger partial charge in [0.05, 0.1) is 0 Å². The summed E-state index contributed by atoms with van der Waals surface area (Å²) in [5, 5.41) is 4.59. The van der Waals surface area contributed by atoms with Crippen molar-refractivity contribution >= 4 is 32.3 Å². The van der Waals surface area contributed by atoms with Crippen LogP contribution in [-0.4, -0.2) is 4.40 Å². The lowest BCUT2D eigenvalue weighted by Gasteiger charge is -2.14. The maximum atomic E-state index is 2.37. The molecular formula is C15H21N2S2+. The van der Waals surface area contributed by atoms with E-state index in [0.29, 0.717) is 0 Å². The van der Waals surface area contributed by atoms with Crippen molar-refractivity contribution in [2.45, 2.75) is 52.4 Å². The Bertz CT molecular complexity index is 682. The molecule has 0 atom stereocenters. The third kappa shape index (κ3) is 1.93. The summed E-state index contributed by atoms with van der Waals surface area (Å²) < 4.78 is 4.73. The number of nitrogens with zero attached hydrogens (tertiary/aromatic N) is 2. The first-order valence-electron chi connectivity index (χ1n) is 6.62. The van der Waals surface area contributed by atoms with E-state index < -0.39 is 0 Å². The van der Waals surface area contributed by atoms with Crippen LogP contribution in [0.25, 0.3) is 9.66 Å². The Morgan fingerprint density at radius 3 is 2.21 bits per heavy atom. The quantitative estimate of drug-likeness (QED) is 0.543. The standard InChI is InChI=1S/C15H21N2S2/c1-14(2,3)10-7-18-12-13-17(9-16(10)12)11(8-19-13)15(4,5)6/h7-9H,1-6H3/q+1. The summed E-state index contributed by atoms with van der Waals surface area (Å²) in [7, 11) is 0. The van der Waals surface area contributed by atoms with Crippen LogP contribution in [0.2, 0.25) is 0 Å². The molecule has 2 nitrogen and oxygen atoms in total. The summed E-state index contributed by atoms with van der Waals surface area (Å²) in [5.41, 5.74) is 3.15. The van der Waals surface area contributed by atoms with Gasteiger partial charge in [-0.05, 0) is 0 Å². The van der Waals surface area contributed by atoms with Gasteiger partial charge in [0.1, 0.15) is 11.4 Å². The van der Waals surface area contributed by atoms with Crippen LogP contribution in [-0.2, 0) is 10.8 Å². The third-order valence-corrected chi connectivity index (χ3v) is 5.51. The van der Waals surface area contributed by atoms with Crippen molar-refractivity contribution in [2.24, 2.45) is 0 Å². The molecule has 0 aromatic carbocycles. The lowest BCUT2D eigenvalue weighted by Crippen LogP contribution is -2.30. The Hall–Kier alpha value is -0.870. The Labute approximate surface area is 122 Å². The molecule has 3 aromatic heterocycles. The summed E-state index contributed by atoms with van der Waals surface area (Å²) >= 11 is 3.71. The molecule has 0 aliphatic heterocycles. The Morgan fingerprint density at radius 2 is 1.63 bits per heavy atom. The summed E-state index contributed by atoms with van der Waals surface area (Å²) in [6.07, 6.45) is 2.26. The fraction of sp³-hybridized carbons (Fsp3) is 0.533. The largest absolute Gasteiger partial charge is 0.256 e. The number of hydrogen-bond acceptors (Lipinski definition) is 2. The summed E-state index contributed by atoms with van der Waals surface area (Å²) in [6, 6.07) is 0. The smallest absolute Gasteiger partial charge is 0.188 e. The van der Waals surface area contributed by atoms with Gasteiger partial charge in [-0.15, -0.1) is 0 Å². The van der Waals surface area contributed by atoms with E-state index in [1.54, 1.807) is 0 Å². The van der Waals surface area contributed by atoms with E-state index >= 15 is 0 Å². The zero-order valence-electron chi connectivity index (χ0n) is 12.4. The van der Waals surface area contributed by atoms with Gasteiger partial charge >= 0.3 is 0 Å². The molecule has 0 amide bonds. The van der Waals surface area contributed by atoms with Crippen molar-refractivity contribution < 1.29 is 4.40 Å². The number of thiazole rings is 2. The minimum absolute atomic E-state index is 0.182. The van der Waals surface area contributed by atoms with Crippen LogP contribution in [0.1, 0.15) is 52.9 Å². The van der Waals surface area contributed by atoms with Gasteiger partial charge in [-0.25, -0.2) is 0 Å². The molecule has 3 rings (SSSR count). The normalized spacial score (nSPS) is 13.8. The van der Waals surface area contributed by atoms with Crippen LogP contribution in [0, 0.1) is 0 Å². The molecule has 0 N–H and O–H groups in total. The van der Waals surface area contributed by atoms with Crippen LogP contribution >= 0.6 is 22.7 Å². The van der Waals surface area contributed by atoms with Crippen LogP contribution < -0.4 is 4.40 Å². The highest BCUT2D eigenvalue weighted by Gasteiger charge is 2.30. The lowest BCUT2D eigenvalue weighted by molar-refractivity contribution is -0.521. The topological polar surface area (TPSA) is 8.51 Å². The van der Waals surface area contributed by atoms with Crippen LogP contribution in [0.3, 0.4) is 0 Å². The molecule has 19 heavy (non-hydrogen) atoms. The van der Waals surface area contributed by atoms with E-state index in [4.69, 9.17) is 0 Å². The molecule has 0 fully saturated rings. The van der Waals surface area contributed by atoms with Crippen molar-refractivity contribution in [2.75, 3.05) is 0 Å². The van der Waals surface area contributed by atoms with Gasteiger partial charge in [0, 0.05) is 21.6 Å². The molecule has 0 bridgehead atoms. The van der Waals surface area contributed by atoms with E-state index in [0.717, 1.165) is 0 Å². The highest BCUT2D eigenvalue weighted by molar-refractivity contribution is 7.23. The summed E-state index contributed by atoms with van der Waals surface area (Å²) in [6.45, 7) is 13.7. The maximum absolute atomic E-state index is 2.37. The Balaban J connectivity index is 2.34. The van der Waals surface area contributed by atoms with Crippen molar-refractivity contribution in [1.29, 1.82) is 0 Å². The maximum Gasteiger partial charge on any atom is 0.256 e. The highest BCUT2D eigenvalue weighted by Crippen LogP contribution is 2.32. The van der Waals surface area contributed by atoms with Gasteiger partial charge in [0.25, 0.3) is 6.33 Å². The number of fused-ring (bicyclic) bond motifs is 3. The second kappa shape index (κ2) is 3.83. The minimum atomic E-state index is 0.182. The van der Waals surface area contributed by atoms with Crippen molar-refractivity contribution in [1.82, 2.24) is 4.40 Å². The van der Waals surface area contributed by atoms with Crippen molar-refractivity contribution in [3.8, 4) is 0 Å². The highest BCUT2D eigenvalue weighted by atomic mass is 32.1. The molecule has 102 valence electrons. The zero-order valence-corrected chi connectivity index (χ0v) is 14.1. The first-order valence-corrected chi connectivity index (χ1v) is 8.38. The monoisotopic (exact) mass is 293 g/mol. The molecule has 0 aliphatic rings. The summed E-state index contributed by atoms with van der Waals surface area (Å²) in [5.74, 6) is 0. The van der Waals surface area contributed by atoms with Gasteiger partial charge < -0.3 is 0 Å². The van der Waals surface area contributed by atoms with Gasteiger partial charge in [-0.2, -0.15) is 8.80 Å². The molecule has 0 aliphatic carbocycles. The van der Waals surface area contributed by atoms with Gasteiger partial charge in [0.2, 0.25) is 9.66 Å². The van der Waals surface area contributed by atoms with E-state index in [-0.39, 0.29) is 10.8 Å². The molecule has 0 saturated heterocycles. The van der Waals surface area contributed by atoms with Gasteiger partial charge in [-0.1, -0.05) is 64.2 Å². The zero-order chi connectivity index (χ0) is 14.0. The van der Waals surface area contributed by atoms with E-state index in [9.17, 15) is 0 Å². The lowest BCUT2D eigenvalue weighted by atomic mass is 9.93. The molecule has 3 aromatic rings. The van der Waals surface area contributed by atoms with Crippen LogP contribution in [0.15, 0.2) is 17.1 Å². The fourth-order valence-corrected chi connectivity index (χ4v) is 4.98. The molecule has 0 radical (unpaired) electrons. The molecule has 4 heteroatoms. The predicted octanol–water partition coefficient (Wildman–Crippen LogP) is 4.40. The van der Waals surface area contributed by atoms with E-state index in [1.165, 1.54) is 21.0 Å². The second-order valence-corrected chi connectivity index (χ2v) is 8.92. The Kier molecular flexibility index (Phi) is 2.64. The SMILES string of the molecule is CC(C)(C)c1csc2c3scc(C(C)(C)C)[n+]3cn12. The average Bonchev–Trinajstić information content (AvgIpc) is 2.80. The van der Waals surface area contributed by atoms with Gasteiger partial charge in [-0.3, -0.25) is 0 Å². The van der Waals surface area contributed by atoms with Crippen LogP contribution in [0.4, 0.5) is 0 Å². The fourth-order valence-electron chi connectivity index (χ4n) is 2.40. The average molecular weight is 293 g/mol. The van der Waals surface area contributed by atoms with E-state index in [2.05, 4.69) is 67.4 Å². The number of aromatic nitrogens is 2. The molecule has 3 heterocycles. The van der Waals surface area contributed by atoms with Gasteiger partial charge in [0.15, 0.2) is 0 Å². The van der Waals surface area contributed by atoms with E-state index in [1.807, 2.05) is 22.7 Å². The van der Waals surface area contributed by atoms with Crippen molar-refractivity contribution in [3.05, 3.63) is 28.5 Å².